The molecule has 0 saturated carbocycles. The first kappa shape index (κ1) is 15.0. The van der Waals surface area contributed by atoms with Gasteiger partial charge in [0.15, 0.2) is 0 Å². The molecule has 0 aliphatic rings. The van der Waals surface area contributed by atoms with E-state index in [1.807, 2.05) is 13.8 Å². The molecule has 0 aliphatic heterocycles. The Morgan fingerprint density at radius 1 is 1.46 bits per heavy atom. The second-order valence-corrected chi connectivity index (χ2v) is 2.68. The predicted octanol–water partition coefficient (Wildman–Crippen LogP) is 2.17. The minimum atomic E-state index is -0.342. The van der Waals surface area contributed by atoms with Gasteiger partial charge < -0.3 is 4.84 Å². The summed E-state index contributed by atoms with van der Waals surface area (Å²) in [6, 6.07) is 0. The molecule has 0 heterocycles. The van der Waals surface area contributed by atoms with Gasteiger partial charge in [0.05, 0.1) is 0 Å². The molecule has 0 saturated heterocycles. The molecule has 0 unspecified atom stereocenters. The summed E-state index contributed by atoms with van der Waals surface area (Å²) in [5.74, 6) is -0.342. The summed E-state index contributed by atoms with van der Waals surface area (Å²) in [4.78, 5) is 16.0. The van der Waals surface area contributed by atoms with Gasteiger partial charge in [-0.05, 0) is 20.3 Å². The number of nitrogens with zero attached hydrogens (tertiary/aromatic N) is 1. The molecule has 0 fully saturated rings. The molecule has 3 nitrogen and oxygen atoms in total. The van der Waals surface area contributed by atoms with Crippen LogP contribution in [0.15, 0.2) is 12.2 Å². The predicted molar refractivity (Wildman–Crippen MR) is 55.7 cm³/mol. The first-order valence-corrected chi connectivity index (χ1v) is 4.24. The number of hydrogen-bond donors (Lipinski definition) is 0. The van der Waals surface area contributed by atoms with Crippen LogP contribution in [0.2, 0.25) is 0 Å². The average Bonchev–Trinajstić information content (AvgIpc) is 2.03. The molecule has 0 amide bonds. The molecule has 13 heavy (non-hydrogen) atoms. The fourth-order valence-corrected chi connectivity index (χ4v) is 0.713. The fraction of sp³-hybridized carbons (Fsp3) is 0.667. The number of halogens is 1. The molecule has 0 rings (SSSR count). The van der Waals surface area contributed by atoms with Crippen molar-refractivity contribution in [3.05, 3.63) is 12.2 Å². The van der Waals surface area contributed by atoms with Crippen LogP contribution < -0.4 is 0 Å². The van der Waals surface area contributed by atoms with Crippen molar-refractivity contribution < 1.29 is 9.63 Å². The van der Waals surface area contributed by atoms with Crippen molar-refractivity contribution in [2.45, 2.75) is 27.2 Å². The van der Waals surface area contributed by atoms with Gasteiger partial charge in [-0.2, -0.15) is 0 Å². The van der Waals surface area contributed by atoms with Crippen molar-refractivity contribution in [1.82, 2.24) is 5.06 Å². The van der Waals surface area contributed by atoms with Crippen molar-refractivity contribution in [3.8, 4) is 0 Å². The largest absolute Gasteiger partial charge is 0.364 e. The molecule has 0 radical (unpaired) electrons. The molecular weight excluding hydrogens is 190 g/mol. The Hall–Kier alpha value is -0.540. The maximum atomic E-state index is 11.0. The molecule has 0 aromatic heterocycles. The Labute approximate surface area is 86.1 Å². The van der Waals surface area contributed by atoms with Crippen molar-refractivity contribution in [1.29, 1.82) is 0 Å². The molecule has 0 atom stereocenters. The quantitative estimate of drug-likeness (QED) is 0.511. The highest BCUT2D eigenvalue weighted by molar-refractivity contribution is 5.86. The van der Waals surface area contributed by atoms with Crippen LogP contribution >= 0.6 is 12.4 Å². The topological polar surface area (TPSA) is 29.5 Å². The van der Waals surface area contributed by atoms with Crippen molar-refractivity contribution in [3.63, 3.8) is 0 Å². The van der Waals surface area contributed by atoms with Crippen molar-refractivity contribution in [2.24, 2.45) is 0 Å². The summed E-state index contributed by atoms with van der Waals surface area (Å²) in [5, 5.41) is 1.64. The third-order valence-electron chi connectivity index (χ3n) is 1.39. The van der Waals surface area contributed by atoms with Crippen LogP contribution in [0.1, 0.15) is 27.2 Å². The van der Waals surface area contributed by atoms with Gasteiger partial charge in [0.25, 0.3) is 0 Å². The normalized spacial score (nSPS) is 9.23. The van der Waals surface area contributed by atoms with Crippen LogP contribution in [-0.2, 0) is 9.63 Å². The Kier molecular flexibility index (Phi) is 9.29. The SMILES string of the molecule is C=C(C)C(=O)ON(CC)CCC.Cl. The van der Waals surface area contributed by atoms with Crippen molar-refractivity contribution in [2.75, 3.05) is 13.1 Å². The minimum Gasteiger partial charge on any atom is -0.364 e. The lowest BCUT2D eigenvalue weighted by atomic mass is 10.4. The van der Waals surface area contributed by atoms with Crippen LogP contribution in [0, 0.1) is 0 Å². The lowest BCUT2D eigenvalue weighted by molar-refractivity contribution is -0.184. The lowest BCUT2D eigenvalue weighted by Crippen LogP contribution is -2.28. The second-order valence-electron chi connectivity index (χ2n) is 2.68. The zero-order chi connectivity index (χ0) is 9.56. The standard InChI is InChI=1S/C9H17NO2.ClH/c1-5-7-10(6-2)12-9(11)8(3)4;/h3,5-7H2,1-2,4H3;1H. The van der Waals surface area contributed by atoms with Crippen LogP contribution in [-0.4, -0.2) is 24.1 Å². The van der Waals surface area contributed by atoms with E-state index in [1.165, 1.54) is 0 Å². The molecule has 0 N–H and O–H groups in total. The van der Waals surface area contributed by atoms with Gasteiger partial charge >= 0.3 is 5.97 Å². The third kappa shape index (κ3) is 6.61. The summed E-state index contributed by atoms with van der Waals surface area (Å²) in [5.41, 5.74) is 0.435. The van der Waals surface area contributed by atoms with Gasteiger partial charge in [-0.25, -0.2) is 4.79 Å². The average molecular weight is 208 g/mol. The number of hydrogen-bond acceptors (Lipinski definition) is 3. The molecular formula is C9H18ClNO2. The zero-order valence-corrected chi connectivity index (χ0v) is 9.32. The highest BCUT2D eigenvalue weighted by atomic mass is 35.5. The van der Waals surface area contributed by atoms with Gasteiger partial charge in [-0.3, -0.25) is 0 Å². The van der Waals surface area contributed by atoms with Gasteiger partial charge in [0.2, 0.25) is 0 Å². The Morgan fingerprint density at radius 3 is 2.31 bits per heavy atom. The second kappa shape index (κ2) is 8.08. The molecule has 0 spiro atoms. The Balaban J connectivity index is 0. The maximum absolute atomic E-state index is 11.0. The fourth-order valence-electron chi connectivity index (χ4n) is 0.713. The summed E-state index contributed by atoms with van der Waals surface area (Å²) in [6.07, 6.45) is 0.970. The number of carbonyl (C=O) groups is 1. The smallest absolute Gasteiger partial charge is 0.352 e. The summed E-state index contributed by atoms with van der Waals surface area (Å²) < 4.78 is 0. The molecule has 0 bridgehead atoms. The van der Waals surface area contributed by atoms with E-state index < -0.39 is 0 Å². The molecule has 4 heteroatoms. The van der Waals surface area contributed by atoms with E-state index in [4.69, 9.17) is 4.84 Å². The van der Waals surface area contributed by atoms with Crippen LogP contribution in [0.3, 0.4) is 0 Å². The summed E-state index contributed by atoms with van der Waals surface area (Å²) in [6.45, 7) is 10.6. The van der Waals surface area contributed by atoms with Gasteiger partial charge in [0.1, 0.15) is 0 Å². The Bertz CT molecular complexity index is 171. The molecule has 0 aromatic carbocycles. The zero-order valence-electron chi connectivity index (χ0n) is 8.50. The van der Waals surface area contributed by atoms with Gasteiger partial charge in [0, 0.05) is 18.7 Å². The molecule has 0 aliphatic carbocycles. The number of hydroxylamine groups is 2. The first-order chi connectivity index (χ1) is 5.61. The van der Waals surface area contributed by atoms with E-state index in [-0.39, 0.29) is 18.4 Å². The maximum Gasteiger partial charge on any atom is 0.352 e. The van der Waals surface area contributed by atoms with E-state index in [9.17, 15) is 4.79 Å². The van der Waals surface area contributed by atoms with E-state index >= 15 is 0 Å². The highest BCUT2D eigenvalue weighted by Gasteiger charge is 2.08. The number of carbonyl (C=O) groups excluding carboxylic acids is 1. The third-order valence-corrected chi connectivity index (χ3v) is 1.39. The minimum absolute atomic E-state index is 0. The van der Waals surface area contributed by atoms with E-state index in [0.717, 1.165) is 13.0 Å². The summed E-state index contributed by atoms with van der Waals surface area (Å²) in [7, 11) is 0. The van der Waals surface area contributed by atoms with Gasteiger partial charge in [-0.15, -0.1) is 17.5 Å². The van der Waals surface area contributed by atoms with E-state index in [2.05, 4.69) is 6.58 Å². The van der Waals surface area contributed by atoms with Crippen LogP contribution in [0.5, 0.6) is 0 Å². The Morgan fingerprint density at radius 2 is 2.00 bits per heavy atom. The van der Waals surface area contributed by atoms with E-state index in [1.54, 1.807) is 12.0 Å². The lowest BCUT2D eigenvalue weighted by Gasteiger charge is -2.18. The van der Waals surface area contributed by atoms with E-state index in [0.29, 0.717) is 12.1 Å². The summed E-state index contributed by atoms with van der Waals surface area (Å²) >= 11 is 0. The van der Waals surface area contributed by atoms with Crippen LogP contribution in [0.25, 0.3) is 0 Å². The molecule has 78 valence electrons. The highest BCUT2D eigenvalue weighted by Crippen LogP contribution is 1.98. The van der Waals surface area contributed by atoms with Crippen LogP contribution in [0.4, 0.5) is 0 Å². The monoisotopic (exact) mass is 207 g/mol. The first-order valence-electron chi connectivity index (χ1n) is 4.24. The van der Waals surface area contributed by atoms with Gasteiger partial charge in [-0.1, -0.05) is 13.5 Å². The molecule has 0 aromatic rings. The number of rotatable bonds is 5. The van der Waals surface area contributed by atoms with Crippen molar-refractivity contribution >= 4 is 18.4 Å².